The molecule has 1 aliphatic rings. The van der Waals surface area contributed by atoms with E-state index in [0.29, 0.717) is 19.5 Å². The zero-order chi connectivity index (χ0) is 21.5. The minimum atomic E-state index is 0.0464. The molecule has 6 heteroatoms. The fraction of sp³-hybridized carbons (Fsp3) is 0.417. The van der Waals surface area contributed by atoms with Crippen LogP contribution in [0.25, 0.3) is 0 Å². The summed E-state index contributed by atoms with van der Waals surface area (Å²) in [6.45, 7) is 8.21. The van der Waals surface area contributed by atoms with Gasteiger partial charge >= 0.3 is 0 Å². The zero-order valence-corrected chi connectivity index (χ0v) is 18.1. The Morgan fingerprint density at radius 1 is 1.10 bits per heavy atom. The number of anilines is 2. The van der Waals surface area contributed by atoms with Crippen LogP contribution in [0.3, 0.4) is 0 Å². The maximum atomic E-state index is 13.1. The Labute approximate surface area is 179 Å². The standard InChI is InChI=1S/C24H30N4O2/c1-19-14-20(2)16-22(15-19)28(9-5-8-25)24(29)18-26-10-12-27(13-11-26)21-6-4-7-23(17-21)30-3/h4,6-7,14-17H,5,9-13,18H2,1-3H3. The second-order valence-electron chi connectivity index (χ2n) is 7.76. The lowest BCUT2D eigenvalue weighted by atomic mass is 10.1. The summed E-state index contributed by atoms with van der Waals surface area (Å²) in [6, 6.07) is 16.4. The van der Waals surface area contributed by atoms with Crippen molar-refractivity contribution in [3.05, 3.63) is 53.6 Å². The van der Waals surface area contributed by atoms with Crippen molar-refractivity contribution in [3.8, 4) is 11.8 Å². The quantitative estimate of drug-likeness (QED) is 0.705. The first-order valence-corrected chi connectivity index (χ1v) is 10.4. The van der Waals surface area contributed by atoms with E-state index < -0.39 is 0 Å². The van der Waals surface area contributed by atoms with Gasteiger partial charge < -0.3 is 14.5 Å². The molecule has 1 saturated heterocycles. The number of hydrogen-bond donors (Lipinski definition) is 0. The zero-order valence-electron chi connectivity index (χ0n) is 18.1. The third-order valence-corrected chi connectivity index (χ3v) is 5.42. The number of amides is 1. The molecule has 0 spiro atoms. The van der Waals surface area contributed by atoms with Gasteiger partial charge in [-0.15, -0.1) is 0 Å². The highest BCUT2D eigenvalue weighted by atomic mass is 16.5. The first kappa shape index (κ1) is 21.7. The van der Waals surface area contributed by atoms with Crippen LogP contribution in [0.2, 0.25) is 0 Å². The van der Waals surface area contributed by atoms with Crippen molar-refractivity contribution in [2.75, 3.05) is 56.2 Å². The Morgan fingerprint density at radius 3 is 2.43 bits per heavy atom. The number of carbonyl (C=O) groups is 1. The van der Waals surface area contributed by atoms with E-state index in [4.69, 9.17) is 10.00 Å². The summed E-state index contributed by atoms with van der Waals surface area (Å²) in [5.74, 6) is 0.900. The molecule has 2 aromatic carbocycles. The summed E-state index contributed by atoms with van der Waals surface area (Å²) in [7, 11) is 1.68. The van der Waals surface area contributed by atoms with Gasteiger partial charge in [0.25, 0.3) is 0 Å². The highest BCUT2D eigenvalue weighted by Gasteiger charge is 2.23. The van der Waals surface area contributed by atoms with Crippen LogP contribution in [0.15, 0.2) is 42.5 Å². The van der Waals surface area contributed by atoms with E-state index >= 15 is 0 Å². The molecule has 0 atom stereocenters. The number of benzene rings is 2. The predicted octanol–water partition coefficient (Wildman–Crippen LogP) is 3.38. The highest BCUT2D eigenvalue weighted by Crippen LogP contribution is 2.23. The number of nitriles is 1. The molecule has 1 aliphatic heterocycles. The van der Waals surface area contributed by atoms with Crippen LogP contribution in [0, 0.1) is 25.2 Å². The SMILES string of the molecule is COc1cccc(N2CCN(CC(=O)N(CCC#N)c3cc(C)cc(C)c3)CC2)c1. The van der Waals surface area contributed by atoms with Gasteiger partial charge in [0.2, 0.25) is 5.91 Å². The van der Waals surface area contributed by atoms with E-state index in [0.717, 1.165) is 54.4 Å². The Bertz CT molecular complexity index is 893. The van der Waals surface area contributed by atoms with Crippen molar-refractivity contribution in [2.45, 2.75) is 20.3 Å². The summed E-state index contributed by atoms with van der Waals surface area (Å²) in [4.78, 5) is 19.4. The number of methoxy groups -OCH3 is 1. The lowest BCUT2D eigenvalue weighted by molar-refractivity contribution is -0.119. The van der Waals surface area contributed by atoms with Gasteiger partial charge in [-0.3, -0.25) is 9.69 Å². The first-order valence-electron chi connectivity index (χ1n) is 10.4. The number of hydrogen-bond acceptors (Lipinski definition) is 5. The molecule has 1 amide bonds. The van der Waals surface area contributed by atoms with Crippen LogP contribution in [0.5, 0.6) is 5.75 Å². The number of rotatable bonds is 7. The average Bonchev–Trinajstić information content (AvgIpc) is 2.74. The number of piperazine rings is 1. The van der Waals surface area contributed by atoms with Gasteiger partial charge in [0.15, 0.2) is 0 Å². The summed E-state index contributed by atoms with van der Waals surface area (Å²) in [6.07, 6.45) is 0.322. The largest absolute Gasteiger partial charge is 0.497 e. The molecule has 0 unspecified atom stereocenters. The molecule has 6 nitrogen and oxygen atoms in total. The molecular weight excluding hydrogens is 376 g/mol. The number of ether oxygens (including phenoxy) is 1. The Hall–Kier alpha value is -3.04. The molecule has 3 rings (SSSR count). The summed E-state index contributed by atoms with van der Waals surface area (Å²) in [5.41, 5.74) is 4.26. The van der Waals surface area contributed by atoms with Gasteiger partial charge in [0.1, 0.15) is 5.75 Å². The van der Waals surface area contributed by atoms with Gasteiger partial charge in [-0.05, 0) is 49.2 Å². The number of carbonyl (C=O) groups excluding carboxylic acids is 1. The average molecular weight is 407 g/mol. The van der Waals surface area contributed by atoms with Crippen molar-refractivity contribution in [3.63, 3.8) is 0 Å². The molecule has 1 fully saturated rings. The number of aryl methyl sites for hydroxylation is 2. The normalized spacial score (nSPS) is 14.3. The Balaban J connectivity index is 1.63. The first-order chi connectivity index (χ1) is 14.5. The second kappa shape index (κ2) is 10.1. The van der Waals surface area contributed by atoms with Gasteiger partial charge in [-0.1, -0.05) is 12.1 Å². The molecular formula is C24H30N4O2. The van der Waals surface area contributed by atoms with E-state index in [1.54, 1.807) is 12.0 Å². The smallest absolute Gasteiger partial charge is 0.241 e. The topological polar surface area (TPSA) is 59.8 Å². The molecule has 0 bridgehead atoms. The molecule has 30 heavy (non-hydrogen) atoms. The minimum absolute atomic E-state index is 0.0464. The fourth-order valence-corrected chi connectivity index (χ4v) is 3.91. The monoisotopic (exact) mass is 406 g/mol. The lowest BCUT2D eigenvalue weighted by Gasteiger charge is -2.36. The van der Waals surface area contributed by atoms with Crippen LogP contribution in [-0.4, -0.2) is 57.2 Å². The Kier molecular flexibility index (Phi) is 7.31. The van der Waals surface area contributed by atoms with Crippen LogP contribution in [0.4, 0.5) is 11.4 Å². The van der Waals surface area contributed by atoms with Crippen LogP contribution in [0.1, 0.15) is 17.5 Å². The molecule has 0 aliphatic carbocycles. The van der Waals surface area contributed by atoms with E-state index in [2.05, 4.69) is 28.0 Å². The van der Waals surface area contributed by atoms with Crippen molar-refractivity contribution >= 4 is 17.3 Å². The molecule has 2 aromatic rings. The van der Waals surface area contributed by atoms with Gasteiger partial charge in [0.05, 0.1) is 26.1 Å². The van der Waals surface area contributed by atoms with E-state index in [1.165, 1.54) is 0 Å². The molecule has 1 heterocycles. The lowest BCUT2D eigenvalue weighted by Crippen LogP contribution is -2.50. The summed E-state index contributed by atoms with van der Waals surface area (Å²) >= 11 is 0. The van der Waals surface area contributed by atoms with Crippen LogP contribution < -0.4 is 14.5 Å². The van der Waals surface area contributed by atoms with Gasteiger partial charge in [-0.25, -0.2) is 0 Å². The van der Waals surface area contributed by atoms with Crippen molar-refractivity contribution in [1.29, 1.82) is 5.26 Å². The Morgan fingerprint density at radius 2 is 1.80 bits per heavy atom. The molecule has 0 radical (unpaired) electrons. The van der Waals surface area contributed by atoms with Gasteiger partial charge in [0, 0.05) is 50.2 Å². The van der Waals surface area contributed by atoms with Crippen LogP contribution in [-0.2, 0) is 4.79 Å². The summed E-state index contributed by atoms with van der Waals surface area (Å²) in [5, 5.41) is 9.04. The van der Waals surface area contributed by atoms with Crippen LogP contribution >= 0.6 is 0 Å². The minimum Gasteiger partial charge on any atom is -0.497 e. The van der Waals surface area contributed by atoms with Gasteiger partial charge in [-0.2, -0.15) is 5.26 Å². The third kappa shape index (κ3) is 5.52. The third-order valence-electron chi connectivity index (χ3n) is 5.42. The molecule has 0 aromatic heterocycles. The van der Waals surface area contributed by atoms with Crippen molar-refractivity contribution in [1.82, 2.24) is 4.90 Å². The van der Waals surface area contributed by atoms with E-state index in [-0.39, 0.29) is 5.91 Å². The fourth-order valence-electron chi connectivity index (χ4n) is 3.91. The second-order valence-corrected chi connectivity index (χ2v) is 7.76. The van der Waals surface area contributed by atoms with Crippen molar-refractivity contribution in [2.24, 2.45) is 0 Å². The maximum Gasteiger partial charge on any atom is 0.241 e. The molecule has 0 saturated carbocycles. The molecule has 158 valence electrons. The highest BCUT2D eigenvalue weighted by molar-refractivity contribution is 5.95. The van der Waals surface area contributed by atoms with E-state index in [9.17, 15) is 4.79 Å². The van der Waals surface area contributed by atoms with Crippen molar-refractivity contribution < 1.29 is 9.53 Å². The number of nitrogens with zero attached hydrogens (tertiary/aromatic N) is 4. The molecule has 0 N–H and O–H groups in total. The van der Waals surface area contributed by atoms with E-state index in [1.807, 2.05) is 44.2 Å². The predicted molar refractivity (Wildman–Crippen MR) is 120 cm³/mol. The maximum absolute atomic E-state index is 13.1. The summed E-state index contributed by atoms with van der Waals surface area (Å²) < 4.78 is 5.33.